The Bertz CT molecular complexity index is 1060. The fourth-order valence-electron chi connectivity index (χ4n) is 3.41. The van der Waals surface area contributed by atoms with E-state index in [1.807, 2.05) is 0 Å². The van der Waals surface area contributed by atoms with Gasteiger partial charge in [-0.3, -0.25) is 14.5 Å². The number of hydrogen-bond acceptors (Lipinski definition) is 9. The van der Waals surface area contributed by atoms with Crippen molar-refractivity contribution in [2.45, 2.75) is 76.0 Å². The van der Waals surface area contributed by atoms with Gasteiger partial charge in [-0.05, 0) is 27.2 Å². The van der Waals surface area contributed by atoms with E-state index < -0.39 is 43.1 Å². The molecule has 0 amide bonds. The van der Waals surface area contributed by atoms with Crippen molar-refractivity contribution in [1.29, 1.82) is 5.41 Å². The second-order valence-electron chi connectivity index (χ2n) is 8.69. The number of nitrogens with zero attached hydrogens (tertiary/aromatic N) is 4. The highest BCUT2D eigenvalue weighted by Gasteiger charge is 2.50. The van der Waals surface area contributed by atoms with E-state index in [-0.39, 0.29) is 18.3 Å². The highest BCUT2D eigenvalue weighted by atomic mass is 31.2. The molecule has 3 heterocycles. The van der Waals surface area contributed by atoms with Crippen LogP contribution in [-0.2, 0) is 20.9 Å². The summed E-state index contributed by atoms with van der Waals surface area (Å²) in [6.07, 6.45) is -1.51. The molecule has 1 aliphatic heterocycles. The Morgan fingerprint density at radius 1 is 1.26 bits per heavy atom. The maximum absolute atomic E-state index is 12.5. The van der Waals surface area contributed by atoms with Gasteiger partial charge in [0.1, 0.15) is 17.7 Å². The number of aromatic nitrogens is 4. The molecule has 1 fully saturated rings. The van der Waals surface area contributed by atoms with Gasteiger partial charge in [-0.15, -0.1) is 0 Å². The van der Waals surface area contributed by atoms with E-state index in [0.29, 0.717) is 11.2 Å². The van der Waals surface area contributed by atoms with Crippen molar-refractivity contribution < 1.29 is 34.0 Å². The van der Waals surface area contributed by atoms with Gasteiger partial charge in [-0.25, -0.2) is 9.97 Å². The summed E-state index contributed by atoms with van der Waals surface area (Å²) in [6.45, 7) is 5.69. The molecular weight excluding hydrogens is 429 g/mol. The van der Waals surface area contributed by atoms with E-state index in [4.69, 9.17) is 14.7 Å². The van der Waals surface area contributed by atoms with Crippen molar-refractivity contribution in [2.24, 2.45) is 7.05 Å². The normalized spacial score (nSPS) is 28.5. The van der Waals surface area contributed by atoms with E-state index in [1.54, 1.807) is 20.9 Å². The zero-order chi connectivity index (χ0) is 23.4. The van der Waals surface area contributed by atoms with Crippen LogP contribution >= 0.6 is 7.60 Å². The Kier molecular flexibility index (Phi) is 6.22. The van der Waals surface area contributed by atoms with Crippen LogP contribution in [0.1, 0.15) is 46.8 Å². The van der Waals surface area contributed by atoms with Crippen LogP contribution in [0.2, 0.25) is 0 Å². The summed E-state index contributed by atoms with van der Waals surface area (Å²) in [5.74, 6) is 0. The fraction of sp³-hybridized carbons (Fsp3) is 0.722. The molecule has 5 N–H and O–H groups in total. The Hall–Kier alpha value is -1.66. The molecule has 1 aliphatic rings. The Balaban J connectivity index is 1.86. The van der Waals surface area contributed by atoms with Crippen molar-refractivity contribution in [3.05, 3.63) is 18.1 Å². The highest BCUT2D eigenvalue weighted by molar-refractivity contribution is 7.54. The number of aryl methyl sites for hydroxylation is 1. The molecule has 13 heteroatoms. The quantitative estimate of drug-likeness (QED) is 0.366. The lowest BCUT2D eigenvalue weighted by Crippen LogP contribution is -2.39. The Morgan fingerprint density at radius 3 is 2.48 bits per heavy atom. The molecule has 0 radical (unpaired) electrons. The minimum absolute atomic E-state index is 0.0163. The number of fused-ring (bicyclic) bond motifs is 1. The van der Waals surface area contributed by atoms with Crippen LogP contribution < -0.4 is 5.49 Å². The smallest absolute Gasteiger partial charge is 0.359 e. The zero-order valence-electron chi connectivity index (χ0n) is 18.1. The SMILES string of the molecule is CCC(C)(C[C@H]1O[C@@H](n2cnc3c(=N)n(C)cnc32)[C@H](O)[C@@H]1O)OP(=O)(O)C(C)(C)O. The van der Waals surface area contributed by atoms with Crippen LogP contribution in [0.3, 0.4) is 0 Å². The van der Waals surface area contributed by atoms with Crippen LogP contribution in [0.25, 0.3) is 11.2 Å². The first-order valence-corrected chi connectivity index (χ1v) is 11.5. The van der Waals surface area contributed by atoms with Crippen LogP contribution in [0.4, 0.5) is 0 Å². The monoisotopic (exact) mass is 459 g/mol. The average Bonchev–Trinajstić information content (AvgIpc) is 3.20. The summed E-state index contributed by atoms with van der Waals surface area (Å²) >= 11 is 0. The number of hydrogen-bond donors (Lipinski definition) is 5. The molecule has 0 aliphatic carbocycles. The van der Waals surface area contributed by atoms with Crippen molar-refractivity contribution in [2.75, 3.05) is 0 Å². The van der Waals surface area contributed by atoms with Crippen LogP contribution in [-0.4, -0.2) is 68.6 Å². The third kappa shape index (κ3) is 4.34. The zero-order valence-corrected chi connectivity index (χ0v) is 19.0. The van der Waals surface area contributed by atoms with E-state index in [2.05, 4.69) is 9.97 Å². The Labute approximate surface area is 179 Å². The maximum Gasteiger partial charge on any atom is 0.359 e. The third-order valence-corrected chi connectivity index (χ3v) is 7.80. The molecule has 31 heavy (non-hydrogen) atoms. The topological polar surface area (TPSA) is 176 Å². The fourth-order valence-corrected chi connectivity index (χ4v) is 4.44. The number of aliphatic hydroxyl groups excluding tert-OH is 2. The van der Waals surface area contributed by atoms with Gasteiger partial charge in [0.15, 0.2) is 22.7 Å². The molecule has 0 spiro atoms. The first-order valence-electron chi connectivity index (χ1n) is 9.91. The first kappa shape index (κ1) is 24.0. The molecule has 0 bridgehead atoms. The summed E-state index contributed by atoms with van der Waals surface area (Å²) in [5, 5.41) is 37.3. The van der Waals surface area contributed by atoms with Gasteiger partial charge in [0.05, 0.1) is 24.4 Å². The van der Waals surface area contributed by atoms with Gasteiger partial charge in [0, 0.05) is 13.5 Å². The third-order valence-electron chi connectivity index (χ3n) is 5.73. The lowest BCUT2D eigenvalue weighted by molar-refractivity contribution is -0.0684. The summed E-state index contributed by atoms with van der Waals surface area (Å²) in [5.41, 5.74) is -0.462. The molecule has 3 rings (SSSR count). The molecule has 2 aromatic rings. The van der Waals surface area contributed by atoms with E-state index in [0.717, 1.165) is 0 Å². The van der Waals surface area contributed by atoms with Crippen molar-refractivity contribution >= 4 is 18.8 Å². The van der Waals surface area contributed by atoms with Gasteiger partial charge in [-0.2, -0.15) is 0 Å². The van der Waals surface area contributed by atoms with Crippen molar-refractivity contribution in [3.63, 3.8) is 0 Å². The van der Waals surface area contributed by atoms with Crippen LogP contribution in [0.15, 0.2) is 12.7 Å². The van der Waals surface area contributed by atoms with Crippen LogP contribution in [0.5, 0.6) is 0 Å². The summed E-state index contributed by atoms with van der Waals surface area (Å²) in [6, 6.07) is 0. The van der Waals surface area contributed by atoms with Gasteiger partial charge in [0.2, 0.25) is 0 Å². The highest BCUT2D eigenvalue weighted by Crippen LogP contribution is 2.57. The minimum Gasteiger partial charge on any atom is -0.388 e. The van der Waals surface area contributed by atoms with Crippen molar-refractivity contribution in [3.8, 4) is 0 Å². The largest absolute Gasteiger partial charge is 0.388 e. The van der Waals surface area contributed by atoms with E-state index >= 15 is 0 Å². The van der Waals surface area contributed by atoms with Gasteiger partial charge < -0.3 is 34.0 Å². The predicted molar refractivity (Wildman–Crippen MR) is 109 cm³/mol. The van der Waals surface area contributed by atoms with Crippen LogP contribution in [0, 0.1) is 5.41 Å². The lowest BCUT2D eigenvalue weighted by Gasteiger charge is -2.36. The molecule has 0 saturated carbocycles. The Morgan fingerprint density at radius 2 is 1.90 bits per heavy atom. The maximum atomic E-state index is 12.5. The summed E-state index contributed by atoms with van der Waals surface area (Å²) < 4.78 is 26.8. The molecule has 6 atom stereocenters. The molecule has 2 aromatic heterocycles. The molecule has 12 nitrogen and oxygen atoms in total. The van der Waals surface area contributed by atoms with E-state index in [1.165, 1.54) is 35.6 Å². The summed E-state index contributed by atoms with van der Waals surface area (Å²) in [7, 11) is -2.74. The molecule has 0 aromatic carbocycles. The second-order valence-corrected chi connectivity index (χ2v) is 11.0. The van der Waals surface area contributed by atoms with Gasteiger partial charge in [0.25, 0.3) is 0 Å². The predicted octanol–water partition coefficient (Wildman–Crippen LogP) is 0.358. The number of rotatable bonds is 7. The number of aliphatic hydroxyl groups is 3. The van der Waals surface area contributed by atoms with E-state index in [9.17, 15) is 24.8 Å². The standard InChI is InChI=1S/C18H30N5O7P/c1-6-18(4,30-31(27,28)17(2,3)26)7-10-12(24)13(25)16(29-10)23-9-20-11-14(19)22(5)8-21-15(11)23/h8-10,12-13,16,19,24-26H,6-7H2,1-5H3,(H,27,28)/t10-,12-,13-,16-,18?/m1/s1. The molecular formula is C18H30N5O7P. The second kappa shape index (κ2) is 8.04. The molecule has 1 saturated heterocycles. The number of imidazole rings is 1. The molecule has 174 valence electrons. The number of ether oxygens (including phenoxy) is 1. The van der Waals surface area contributed by atoms with Gasteiger partial charge >= 0.3 is 7.60 Å². The first-order chi connectivity index (χ1) is 14.2. The lowest BCUT2D eigenvalue weighted by atomic mass is 9.93. The van der Waals surface area contributed by atoms with Gasteiger partial charge in [-0.1, -0.05) is 6.92 Å². The minimum atomic E-state index is -4.40. The van der Waals surface area contributed by atoms with Crippen molar-refractivity contribution in [1.82, 2.24) is 19.1 Å². The average molecular weight is 459 g/mol. The molecule has 2 unspecified atom stereocenters. The number of nitrogens with one attached hydrogen (secondary N) is 1. The summed E-state index contributed by atoms with van der Waals surface area (Å²) in [4.78, 5) is 18.6.